The van der Waals surface area contributed by atoms with Gasteiger partial charge in [0.25, 0.3) is 0 Å². The maximum absolute atomic E-state index is 12.4. The van der Waals surface area contributed by atoms with Crippen molar-refractivity contribution in [2.45, 2.75) is 26.0 Å². The number of hydrogen-bond donors (Lipinski definition) is 1. The van der Waals surface area contributed by atoms with Gasteiger partial charge in [-0.1, -0.05) is 34.0 Å². The summed E-state index contributed by atoms with van der Waals surface area (Å²) in [7, 11) is 3.38. The first-order valence-electron chi connectivity index (χ1n) is 7.24. The van der Waals surface area contributed by atoms with Crippen molar-refractivity contribution in [2.75, 3.05) is 14.2 Å². The van der Waals surface area contributed by atoms with Crippen LogP contribution in [0.1, 0.15) is 25.5 Å². The van der Waals surface area contributed by atoms with Gasteiger partial charge in [-0.2, -0.15) is 0 Å². The van der Waals surface area contributed by atoms with E-state index < -0.39 is 0 Å². The predicted octanol–water partition coefficient (Wildman–Crippen LogP) is 2.90. The summed E-state index contributed by atoms with van der Waals surface area (Å²) in [5.41, 5.74) is 1.54. The minimum absolute atomic E-state index is 0.116. The van der Waals surface area contributed by atoms with Crippen molar-refractivity contribution in [1.29, 1.82) is 0 Å². The van der Waals surface area contributed by atoms with Crippen LogP contribution >= 0.6 is 23.2 Å². The number of carbonyl (C=O) groups excluding carboxylic acids is 1. The van der Waals surface area contributed by atoms with Crippen molar-refractivity contribution in [3.05, 3.63) is 33.8 Å². The number of carbonyl (C=O) groups is 1. The van der Waals surface area contributed by atoms with Gasteiger partial charge in [0.05, 0.1) is 6.04 Å². The van der Waals surface area contributed by atoms with Crippen molar-refractivity contribution >= 4 is 41.0 Å². The Labute approximate surface area is 145 Å². The van der Waals surface area contributed by atoms with E-state index in [0.717, 1.165) is 11.3 Å². The van der Waals surface area contributed by atoms with E-state index in [2.05, 4.69) is 10.4 Å². The van der Waals surface area contributed by atoms with E-state index in [1.54, 1.807) is 37.2 Å². The van der Waals surface area contributed by atoms with E-state index in [1.807, 2.05) is 19.9 Å². The van der Waals surface area contributed by atoms with E-state index in [1.165, 1.54) is 0 Å². The van der Waals surface area contributed by atoms with Crippen molar-refractivity contribution < 1.29 is 14.2 Å². The SMILES string of the molecule is COC(c1ccc(Cl)cc1Cl)C(C)NC(=O)C1C=[N+](C)N=C1C. The molecule has 124 valence electrons. The maximum Gasteiger partial charge on any atom is 0.239 e. The fraction of sp³-hybridized carbons (Fsp3) is 0.438. The summed E-state index contributed by atoms with van der Waals surface area (Å²) in [6, 6.07) is 4.96. The van der Waals surface area contributed by atoms with Crippen LogP contribution in [0, 0.1) is 5.92 Å². The summed E-state index contributed by atoms with van der Waals surface area (Å²) in [5, 5.41) is 8.25. The number of nitrogens with zero attached hydrogens (tertiary/aromatic N) is 2. The third kappa shape index (κ3) is 4.10. The van der Waals surface area contributed by atoms with Crippen LogP contribution < -0.4 is 5.32 Å². The molecule has 1 aromatic carbocycles. The van der Waals surface area contributed by atoms with Crippen LogP contribution in [0.5, 0.6) is 0 Å². The average Bonchev–Trinajstić information content (AvgIpc) is 2.81. The van der Waals surface area contributed by atoms with Gasteiger partial charge in [-0.3, -0.25) is 4.79 Å². The maximum atomic E-state index is 12.4. The second kappa shape index (κ2) is 7.43. The molecule has 1 heterocycles. The zero-order valence-electron chi connectivity index (χ0n) is 13.5. The first-order valence-corrected chi connectivity index (χ1v) is 8.00. The van der Waals surface area contributed by atoms with E-state index >= 15 is 0 Å². The number of ether oxygens (including phenoxy) is 1. The van der Waals surface area contributed by atoms with Crippen LogP contribution in [0.2, 0.25) is 10.0 Å². The van der Waals surface area contributed by atoms with E-state index in [-0.39, 0.29) is 24.0 Å². The lowest BCUT2D eigenvalue weighted by Gasteiger charge is -2.25. The molecule has 1 N–H and O–H groups in total. The van der Waals surface area contributed by atoms with Crippen LogP contribution in [0.15, 0.2) is 23.3 Å². The monoisotopic (exact) mass is 356 g/mol. The number of hydrazone groups is 1. The van der Waals surface area contributed by atoms with E-state index in [4.69, 9.17) is 27.9 Å². The number of methoxy groups -OCH3 is 1. The fourth-order valence-electron chi connectivity index (χ4n) is 2.65. The Morgan fingerprint density at radius 3 is 2.65 bits per heavy atom. The lowest BCUT2D eigenvalue weighted by Crippen LogP contribution is -2.43. The summed E-state index contributed by atoms with van der Waals surface area (Å²) in [6.45, 7) is 3.71. The number of amides is 1. The van der Waals surface area contributed by atoms with Gasteiger partial charge in [-0.25, -0.2) is 0 Å². The van der Waals surface area contributed by atoms with Crippen LogP contribution in [0.25, 0.3) is 0 Å². The number of halogens is 2. The van der Waals surface area contributed by atoms with Crippen LogP contribution in [0.3, 0.4) is 0 Å². The van der Waals surface area contributed by atoms with Gasteiger partial charge in [0.1, 0.15) is 11.8 Å². The highest BCUT2D eigenvalue weighted by atomic mass is 35.5. The number of benzene rings is 1. The molecule has 2 rings (SSSR count). The van der Waals surface area contributed by atoms with Crippen LogP contribution in [-0.4, -0.2) is 42.7 Å². The molecule has 0 spiro atoms. The lowest BCUT2D eigenvalue weighted by atomic mass is 10.0. The van der Waals surface area contributed by atoms with Gasteiger partial charge >= 0.3 is 0 Å². The molecular formula is C16H20Cl2N3O2+. The van der Waals surface area contributed by atoms with Gasteiger partial charge in [0.2, 0.25) is 5.91 Å². The highest BCUT2D eigenvalue weighted by Crippen LogP contribution is 2.30. The summed E-state index contributed by atoms with van der Waals surface area (Å²) < 4.78 is 7.18. The van der Waals surface area contributed by atoms with Gasteiger partial charge in [0, 0.05) is 22.7 Å². The Hall–Kier alpha value is -1.43. The first kappa shape index (κ1) is 17.9. The van der Waals surface area contributed by atoms with Crippen molar-refractivity contribution in [3.63, 3.8) is 0 Å². The topological polar surface area (TPSA) is 53.7 Å². The highest BCUT2D eigenvalue weighted by molar-refractivity contribution is 6.35. The Balaban J connectivity index is 2.13. The van der Waals surface area contributed by atoms with Gasteiger partial charge in [-0.15, -0.1) is 0 Å². The molecule has 3 unspecified atom stereocenters. The van der Waals surface area contributed by atoms with Crippen molar-refractivity contribution in [1.82, 2.24) is 5.32 Å². The summed E-state index contributed by atoms with van der Waals surface area (Å²) in [6.07, 6.45) is 1.40. The minimum Gasteiger partial charge on any atom is -0.375 e. The molecule has 3 atom stereocenters. The quantitative estimate of drug-likeness (QED) is 0.824. The van der Waals surface area contributed by atoms with Crippen molar-refractivity contribution in [2.24, 2.45) is 11.0 Å². The molecule has 0 saturated carbocycles. The molecule has 0 saturated heterocycles. The number of rotatable bonds is 5. The Morgan fingerprint density at radius 1 is 1.43 bits per heavy atom. The smallest absolute Gasteiger partial charge is 0.239 e. The van der Waals surface area contributed by atoms with Gasteiger partial charge < -0.3 is 10.1 Å². The molecular weight excluding hydrogens is 337 g/mol. The molecule has 1 amide bonds. The molecule has 0 aromatic heterocycles. The summed E-state index contributed by atoms with van der Waals surface area (Å²) >= 11 is 12.2. The second-order valence-corrected chi connectivity index (χ2v) is 6.40. The third-order valence-corrected chi connectivity index (χ3v) is 4.32. The van der Waals surface area contributed by atoms with E-state index in [9.17, 15) is 4.79 Å². The van der Waals surface area contributed by atoms with E-state index in [0.29, 0.717) is 10.0 Å². The molecule has 0 aliphatic carbocycles. The molecule has 1 aliphatic heterocycles. The number of hydrogen-bond acceptors (Lipinski definition) is 3. The lowest BCUT2D eigenvalue weighted by molar-refractivity contribution is -0.495. The summed E-state index contributed by atoms with van der Waals surface area (Å²) in [4.78, 5) is 12.4. The van der Waals surface area contributed by atoms with Crippen molar-refractivity contribution in [3.8, 4) is 0 Å². The second-order valence-electron chi connectivity index (χ2n) is 5.56. The number of nitrogens with one attached hydrogen (secondary N) is 1. The highest BCUT2D eigenvalue weighted by Gasteiger charge is 2.32. The molecule has 0 bridgehead atoms. The Morgan fingerprint density at radius 2 is 2.13 bits per heavy atom. The largest absolute Gasteiger partial charge is 0.375 e. The molecule has 0 radical (unpaired) electrons. The van der Waals surface area contributed by atoms with Gasteiger partial charge in [-0.05, 0) is 31.1 Å². The molecule has 1 aromatic rings. The zero-order chi connectivity index (χ0) is 17.1. The first-order chi connectivity index (χ1) is 10.8. The standard InChI is InChI=1S/C16H19Cl2N3O2/c1-9-13(8-21(3)20-9)16(22)19-10(2)15(23-4)12-6-5-11(17)7-14(12)18/h5-8,10,13,15H,1-4H3/p+1. The zero-order valence-corrected chi connectivity index (χ0v) is 15.0. The predicted molar refractivity (Wildman–Crippen MR) is 92.7 cm³/mol. The molecule has 23 heavy (non-hydrogen) atoms. The van der Waals surface area contributed by atoms with Crippen LogP contribution in [-0.2, 0) is 9.53 Å². The molecule has 7 heteroatoms. The Kier molecular flexibility index (Phi) is 5.79. The Bertz CT molecular complexity index is 673. The van der Waals surface area contributed by atoms with Crippen LogP contribution in [0.4, 0.5) is 0 Å². The summed E-state index contributed by atoms with van der Waals surface area (Å²) in [5.74, 6) is -0.476. The molecule has 0 fully saturated rings. The molecule has 5 nitrogen and oxygen atoms in total. The third-order valence-electron chi connectivity index (χ3n) is 3.76. The molecule has 1 aliphatic rings. The normalized spacial score (nSPS) is 19.8. The minimum atomic E-state index is -0.375. The fourth-order valence-corrected chi connectivity index (χ4v) is 3.16. The average molecular weight is 357 g/mol. The van der Waals surface area contributed by atoms with Gasteiger partial charge in [0.15, 0.2) is 19.2 Å².